The molecule has 2 aromatic carbocycles. The number of para-hydroxylation sites is 4. The van der Waals surface area contributed by atoms with Crippen LogP contribution in [0.3, 0.4) is 0 Å². The highest BCUT2D eigenvalue weighted by molar-refractivity contribution is 5.78. The molecule has 1 atom stereocenters. The Hall–Kier alpha value is -3.19. The van der Waals surface area contributed by atoms with Crippen LogP contribution in [0.25, 0.3) is 22.1 Å². The molecule has 0 aliphatic heterocycles. The summed E-state index contributed by atoms with van der Waals surface area (Å²) in [6.07, 6.45) is 0.490. The second-order valence-electron chi connectivity index (χ2n) is 6.10. The summed E-state index contributed by atoms with van der Waals surface area (Å²) in [6, 6.07) is 15.3. The summed E-state index contributed by atoms with van der Waals surface area (Å²) in [7, 11) is 1.50. The Morgan fingerprint density at radius 1 is 1.04 bits per heavy atom. The number of aromatic nitrogens is 4. The minimum Gasteiger partial charge on any atom is -0.375 e. The van der Waals surface area contributed by atoms with Gasteiger partial charge in [-0.1, -0.05) is 24.3 Å². The van der Waals surface area contributed by atoms with Gasteiger partial charge in [0.15, 0.2) is 0 Å². The smallest absolute Gasteiger partial charge is 0.246 e. The number of hydrogen-bond donors (Lipinski definition) is 3. The first-order valence-electron chi connectivity index (χ1n) is 8.39. The summed E-state index contributed by atoms with van der Waals surface area (Å²) in [6.45, 7) is -0.00312. The van der Waals surface area contributed by atoms with Crippen molar-refractivity contribution in [2.75, 3.05) is 13.7 Å². The Morgan fingerprint density at radius 2 is 1.69 bits per heavy atom. The Kier molecular flexibility index (Phi) is 4.37. The molecule has 2 heterocycles. The molecule has 7 nitrogen and oxygen atoms in total. The molecule has 26 heavy (non-hydrogen) atoms. The third-order valence-corrected chi connectivity index (χ3v) is 4.18. The first-order valence-corrected chi connectivity index (χ1v) is 8.39. The minimum absolute atomic E-state index is 0.00312. The van der Waals surface area contributed by atoms with Crippen LogP contribution in [0.4, 0.5) is 0 Å². The average molecular weight is 349 g/mol. The molecule has 3 N–H and O–H groups in total. The molecule has 0 aliphatic carbocycles. The molecule has 7 heteroatoms. The molecule has 4 rings (SSSR count). The van der Waals surface area contributed by atoms with Crippen molar-refractivity contribution in [3.8, 4) is 0 Å². The van der Waals surface area contributed by atoms with Crippen LogP contribution in [-0.2, 0) is 16.0 Å². The van der Waals surface area contributed by atoms with Crippen molar-refractivity contribution in [2.24, 2.45) is 0 Å². The van der Waals surface area contributed by atoms with Crippen LogP contribution >= 0.6 is 0 Å². The number of benzene rings is 2. The number of nitrogens with one attached hydrogen (secondary N) is 3. The number of aromatic amines is 2. The molecule has 4 aromatic rings. The lowest BCUT2D eigenvalue weighted by Gasteiger charge is -2.15. The van der Waals surface area contributed by atoms with Gasteiger partial charge in [0.2, 0.25) is 5.91 Å². The maximum Gasteiger partial charge on any atom is 0.246 e. The molecule has 132 valence electrons. The van der Waals surface area contributed by atoms with E-state index < -0.39 is 0 Å². The Labute approximate surface area is 149 Å². The number of amides is 1. The molecule has 1 unspecified atom stereocenters. The highest BCUT2D eigenvalue weighted by Gasteiger charge is 2.20. The highest BCUT2D eigenvalue weighted by atomic mass is 16.5. The number of carbonyl (C=O) groups excluding carboxylic acids is 1. The lowest BCUT2D eigenvalue weighted by atomic mass is 10.2. The Balaban J connectivity index is 1.66. The van der Waals surface area contributed by atoms with E-state index in [0.717, 1.165) is 27.9 Å². The predicted octanol–water partition coefficient (Wildman–Crippen LogP) is 2.49. The second kappa shape index (κ2) is 6.97. The zero-order valence-corrected chi connectivity index (χ0v) is 14.3. The topological polar surface area (TPSA) is 95.7 Å². The number of nitrogens with zero attached hydrogens (tertiary/aromatic N) is 2. The Morgan fingerprint density at radius 3 is 2.35 bits per heavy atom. The van der Waals surface area contributed by atoms with Crippen LogP contribution in [0, 0.1) is 0 Å². The van der Waals surface area contributed by atoms with E-state index >= 15 is 0 Å². The van der Waals surface area contributed by atoms with Crippen LogP contribution < -0.4 is 5.32 Å². The predicted molar refractivity (Wildman–Crippen MR) is 98.7 cm³/mol. The van der Waals surface area contributed by atoms with Crippen molar-refractivity contribution in [3.05, 3.63) is 60.2 Å². The molecule has 0 aliphatic rings. The average Bonchev–Trinajstić information content (AvgIpc) is 3.24. The maximum absolute atomic E-state index is 12.1. The lowest BCUT2D eigenvalue weighted by Crippen LogP contribution is -2.33. The standard InChI is InChI=1S/C19H19N5O2/c1-26-11-18(25)22-16(19-23-14-8-4-5-9-15(14)24-19)10-17-20-12-6-2-3-7-13(12)21-17/h2-9,16H,10-11H2,1H3,(H,20,21)(H,22,25)(H,23,24). The zero-order valence-electron chi connectivity index (χ0n) is 14.3. The summed E-state index contributed by atoms with van der Waals surface area (Å²) in [5, 5.41) is 2.97. The van der Waals surface area contributed by atoms with E-state index in [4.69, 9.17) is 4.74 Å². The number of rotatable bonds is 6. The first-order chi connectivity index (χ1) is 12.7. The van der Waals surface area contributed by atoms with Crippen molar-refractivity contribution in [2.45, 2.75) is 12.5 Å². The van der Waals surface area contributed by atoms with Crippen LogP contribution in [0.15, 0.2) is 48.5 Å². The van der Waals surface area contributed by atoms with Gasteiger partial charge in [0.1, 0.15) is 18.3 Å². The summed E-state index contributed by atoms with van der Waals surface area (Å²) in [5.74, 6) is 1.28. The zero-order chi connectivity index (χ0) is 17.9. The highest BCUT2D eigenvalue weighted by Crippen LogP contribution is 2.20. The van der Waals surface area contributed by atoms with Crippen molar-refractivity contribution in [3.63, 3.8) is 0 Å². The summed E-state index contributed by atoms with van der Waals surface area (Å²) >= 11 is 0. The van der Waals surface area contributed by atoms with E-state index in [-0.39, 0.29) is 18.6 Å². The van der Waals surface area contributed by atoms with Gasteiger partial charge in [0, 0.05) is 13.5 Å². The van der Waals surface area contributed by atoms with Gasteiger partial charge in [-0.25, -0.2) is 9.97 Å². The van der Waals surface area contributed by atoms with Gasteiger partial charge < -0.3 is 20.0 Å². The van der Waals surface area contributed by atoms with Gasteiger partial charge in [0.05, 0.1) is 28.1 Å². The van der Waals surface area contributed by atoms with Crippen molar-refractivity contribution < 1.29 is 9.53 Å². The number of hydrogen-bond acceptors (Lipinski definition) is 4. The normalized spacial score (nSPS) is 12.5. The van der Waals surface area contributed by atoms with E-state index in [1.165, 1.54) is 7.11 Å². The second-order valence-corrected chi connectivity index (χ2v) is 6.10. The summed E-state index contributed by atoms with van der Waals surface area (Å²) in [4.78, 5) is 27.9. The molecular weight excluding hydrogens is 330 g/mol. The summed E-state index contributed by atoms with van der Waals surface area (Å²) < 4.78 is 4.93. The first kappa shape index (κ1) is 16.3. The number of fused-ring (bicyclic) bond motifs is 2. The number of carbonyl (C=O) groups is 1. The minimum atomic E-state index is -0.342. The van der Waals surface area contributed by atoms with Crippen molar-refractivity contribution in [1.29, 1.82) is 0 Å². The van der Waals surface area contributed by atoms with Crippen LogP contribution in [0.1, 0.15) is 17.7 Å². The van der Waals surface area contributed by atoms with Crippen molar-refractivity contribution >= 4 is 28.0 Å². The lowest BCUT2D eigenvalue weighted by molar-refractivity contribution is -0.125. The third kappa shape index (κ3) is 3.29. The van der Waals surface area contributed by atoms with Gasteiger partial charge in [-0.3, -0.25) is 4.79 Å². The molecule has 2 aromatic heterocycles. The summed E-state index contributed by atoms with van der Waals surface area (Å²) in [5.41, 5.74) is 3.65. The molecule has 0 radical (unpaired) electrons. The van der Waals surface area contributed by atoms with Gasteiger partial charge in [-0.2, -0.15) is 0 Å². The van der Waals surface area contributed by atoms with Crippen LogP contribution in [-0.4, -0.2) is 39.6 Å². The fourth-order valence-electron chi connectivity index (χ4n) is 3.02. The molecular formula is C19H19N5O2. The number of methoxy groups -OCH3 is 1. The van der Waals surface area contributed by atoms with E-state index in [1.807, 2.05) is 48.5 Å². The maximum atomic E-state index is 12.1. The fourth-order valence-corrected chi connectivity index (χ4v) is 3.02. The van der Waals surface area contributed by atoms with E-state index in [2.05, 4.69) is 25.3 Å². The molecule has 0 spiro atoms. The molecule has 0 saturated carbocycles. The molecule has 0 fully saturated rings. The van der Waals surface area contributed by atoms with Gasteiger partial charge >= 0.3 is 0 Å². The van der Waals surface area contributed by atoms with Gasteiger partial charge in [-0.15, -0.1) is 0 Å². The quantitative estimate of drug-likeness (QED) is 0.498. The third-order valence-electron chi connectivity index (χ3n) is 4.18. The number of imidazole rings is 2. The number of H-pyrrole nitrogens is 2. The van der Waals surface area contributed by atoms with Gasteiger partial charge in [-0.05, 0) is 24.3 Å². The van der Waals surface area contributed by atoms with Crippen LogP contribution in [0.5, 0.6) is 0 Å². The monoisotopic (exact) mass is 349 g/mol. The van der Waals surface area contributed by atoms with E-state index in [9.17, 15) is 4.79 Å². The molecule has 0 saturated heterocycles. The van der Waals surface area contributed by atoms with Crippen LogP contribution in [0.2, 0.25) is 0 Å². The molecule has 1 amide bonds. The van der Waals surface area contributed by atoms with E-state index in [0.29, 0.717) is 12.2 Å². The van der Waals surface area contributed by atoms with Crippen molar-refractivity contribution in [1.82, 2.24) is 25.3 Å². The molecule has 0 bridgehead atoms. The fraction of sp³-hybridized carbons (Fsp3) is 0.211. The van der Waals surface area contributed by atoms with Gasteiger partial charge in [0.25, 0.3) is 0 Å². The number of ether oxygens (including phenoxy) is 1. The van der Waals surface area contributed by atoms with E-state index in [1.54, 1.807) is 0 Å². The SMILES string of the molecule is COCC(=O)NC(Cc1nc2ccccc2[nH]1)c1nc2ccccc2[nH]1. The largest absolute Gasteiger partial charge is 0.375 e. The Bertz CT molecular complexity index is 986.